The van der Waals surface area contributed by atoms with Crippen LogP contribution >= 0.6 is 0 Å². The number of carbonyl (C=O) groups is 1. The summed E-state index contributed by atoms with van der Waals surface area (Å²) in [6, 6.07) is 21.2. The minimum absolute atomic E-state index is 0.0230. The quantitative estimate of drug-likeness (QED) is 0.737. The van der Waals surface area contributed by atoms with Gasteiger partial charge in [-0.2, -0.15) is 0 Å². The van der Waals surface area contributed by atoms with E-state index in [1.165, 1.54) is 11.1 Å². The average Bonchev–Trinajstić information content (AvgIpc) is 2.93. The molecule has 0 aliphatic carbocycles. The van der Waals surface area contributed by atoms with E-state index in [9.17, 15) is 4.79 Å². The fourth-order valence-electron chi connectivity index (χ4n) is 4.07. The molecule has 1 fully saturated rings. The SMILES string of the molecule is CCN(CC)C(=O)C1CN(Cc2ccccc2)CCN(Cc2ccccc2)C1. The molecule has 1 saturated heterocycles. The van der Waals surface area contributed by atoms with Crippen molar-refractivity contribution in [1.82, 2.24) is 14.7 Å². The van der Waals surface area contributed by atoms with Gasteiger partial charge in [-0.3, -0.25) is 14.6 Å². The van der Waals surface area contributed by atoms with Gasteiger partial charge in [-0.1, -0.05) is 60.7 Å². The van der Waals surface area contributed by atoms with E-state index in [-0.39, 0.29) is 5.92 Å². The van der Waals surface area contributed by atoms with E-state index in [1.54, 1.807) is 0 Å². The summed E-state index contributed by atoms with van der Waals surface area (Å²) in [6.45, 7) is 11.2. The Kier molecular flexibility index (Phi) is 7.63. The molecule has 0 radical (unpaired) electrons. The maximum absolute atomic E-state index is 13.2. The number of amides is 1. The van der Waals surface area contributed by atoms with E-state index in [0.29, 0.717) is 5.91 Å². The van der Waals surface area contributed by atoms with Crippen molar-refractivity contribution in [2.75, 3.05) is 39.3 Å². The molecule has 0 saturated carbocycles. The molecule has 150 valence electrons. The van der Waals surface area contributed by atoms with Crippen molar-refractivity contribution < 1.29 is 4.79 Å². The highest BCUT2D eigenvalue weighted by atomic mass is 16.2. The number of benzene rings is 2. The minimum Gasteiger partial charge on any atom is -0.343 e. The summed E-state index contributed by atoms with van der Waals surface area (Å²) < 4.78 is 0. The van der Waals surface area contributed by atoms with Crippen molar-refractivity contribution in [3.8, 4) is 0 Å². The lowest BCUT2D eigenvalue weighted by Gasteiger charge is -2.29. The highest BCUT2D eigenvalue weighted by Crippen LogP contribution is 2.17. The second kappa shape index (κ2) is 10.4. The molecule has 0 N–H and O–H groups in total. The van der Waals surface area contributed by atoms with Crippen molar-refractivity contribution in [3.05, 3.63) is 71.8 Å². The van der Waals surface area contributed by atoms with E-state index in [0.717, 1.165) is 52.4 Å². The van der Waals surface area contributed by atoms with E-state index >= 15 is 0 Å². The van der Waals surface area contributed by atoms with Crippen molar-refractivity contribution in [1.29, 1.82) is 0 Å². The van der Waals surface area contributed by atoms with Crippen LogP contribution in [-0.2, 0) is 17.9 Å². The molecule has 0 unspecified atom stereocenters. The first-order valence-electron chi connectivity index (χ1n) is 10.5. The summed E-state index contributed by atoms with van der Waals surface area (Å²) in [6.07, 6.45) is 0. The smallest absolute Gasteiger partial charge is 0.228 e. The first-order valence-corrected chi connectivity index (χ1v) is 10.5. The van der Waals surface area contributed by atoms with Gasteiger partial charge in [0.05, 0.1) is 5.92 Å². The first-order chi connectivity index (χ1) is 13.7. The van der Waals surface area contributed by atoms with Crippen LogP contribution in [-0.4, -0.2) is 59.9 Å². The molecule has 2 aromatic carbocycles. The molecule has 4 nitrogen and oxygen atoms in total. The zero-order valence-electron chi connectivity index (χ0n) is 17.3. The van der Waals surface area contributed by atoms with Crippen molar-refractivity contribution in [2.45, 2.75) is 26.9 Å². The standard InChI is InChI=1S/C24H33N3O/c1-3-27(4-2)24(28)23-19-25(17-21-11-7-5-8-12-21)15-16-26(20-23)18-22-13-9-6-10-14-22/h5-14,23H,3-4,15-20H2,1-2H3. The molecule has 1 amide bonds. The molecule has 1 aliphatic heterocycles. The van der Waals surface area contributed by atoms with Gasteiger partial charge < -0.3 is 4.90 Å². The molecule has 2 aromatic rings. The Bertz CT molecular complexity index is 664. The van der Waals surface area contributed by atoms with E-state index in [2.05, 4.69) is 84.3 Å². The molecule has 1 heterocycles. The molecule has 0 aromatic heterocycles. The van der Waals surface area contributed by atoms with Crippen LogP contribution in [0.5, 0.6) is 0 Å². The van der Waals surface area contributed by atoms with Gasteiger partial charge in [-0.25, -0.2) is 0 Å². The average molecular weight is 380 g/mol. The van der Waals surface area contributed by atoms with Gasteiger partial charge >= 0.3 is 0 Å². The van der Waals surface area contributed by atoms with E-state index < -0.39 is 0 Å². The largest absolute Gasteiger partial charge is 0.343 e. The lowest BCUT2D eigenvalue weighted by molar-refractivity contribution is -0.136. The third-order valence-electron chi connectivity index (χ3n) is 5.61. The Hall–Kier alpha value is -2.17. The molecule has 1 aliphatic rings. The number of rotatable bonds is 7. The van der Waals surface area contributed by atoms with Gasteiger partial charge in [0.1, 0.15) is 0 Å². The van der Waals surface area contributed by atoms with E-state index in [1.807, 2.05) is 4.90 Å². The molecule has 0 atom stereocenters. The predicted octanol–water partition coefficient (Wildman–Crippen LogP) is 3.49. The molecular formula is C24H33N3O. The summed E-state index contributed by atoms with van der Waals surface area (Å²) in [5.41, 5.74) is 2.63. The van der Waals surface area contributed by atoms with Gasteiger partial charge in [-0.05, 0) is 25.0 Å². The number of nitrogens with zero attached hydrogens (tertiary/aromatic N) is 3. The lowest BCUT2D eigenvalue weighted by Crippen LogP contribution is -2.43. The zero-order valence-corrected chi connectivity index (χ0v) is 17.3. The van der Waals surface area contributed by atoms with Crippen LogP contribution in [0.2, 0.25) is 0 Å². The number of hydrogen-bond acceptors (Lipinski definition) is 3. The molecular weight excluding hydrogens is 346 g/mol. The van der Waals surface area contributed by atoms with Gasteiger partial charge in [-0.15, -0.1) is 0 Å². The van der Waals surface area contributed by atoms with Crippen LogP contribution in [0.15, 0.2) is 60.7 Å². The monoisotopic (exact) mass is 379 g/mol. The molecule has 3 rings (SSSR count). The van der Waals surface area contributed by atoms with Gasteiger partial charge in [0.2, 0.25) is 5.91 Å². The van der Waals surface area contributed by atoms with Gasteiger partial charge in [0.15, 0.2) is 0 Å². The summed E-state index contributed by atoms with van der Waals surface area (Å²) in [5, 5.41) is 0. The van der Waals surface area contributed by atoms with Gasteiger partial charge in [0, 0.05) is 52.4 Å². The van der Waals surface area contributed by atoms with Crippen LogP contribution < -0.4 is 0 Å². The normalized spacial score (nSPS) is 16.6. The Labute approximate surface area is 169 Å². The minimum atomic E-state index is 0.0230. The Morgan fingerprint density at radius 2 is 1.25 bits per heavy atom. The fourth-order valence-corrected chi connectivity index (χ4v) is 4.07. The predicted molar refractivity (Wildman–Crippen MR) is 115 cm³/mol. The maximum Gasteiger partial charge on any atom is 0.228 e. The number of carbonyl (C=O) groups excluding carboxylic acids is 1. The number of hydrogen-bond donors (Lipinski definition) is 0. The molecule has 28 heavy (non-hydrogen) atoms. The summed E-state index contributed by atoms with van der Waals surface area (Å²) >= 11 is 0. The Morgan fingerprint density at radius 1 is 0.821 bits per heavy atom. The van der Waals surface area contributed by atoms with E-state index in [4.69, 9.17) is 0 Å². The summed E-state index contributed by atoms with van der Waals surface area (Å²) in [7, 11) is 0. The van der Waals surface area contributed by atoms with Crippen molar-refractivity contribution in [2.24, 2.45) is 5.92 Å². The van der Waals surface area contributed by atoms with Crippen LogP contribution in [0.4, 0.5) is 0 Å². The van der Waals surface area contributed by atoms with Crippen molar-refractivity contribution in [3.63, 3.8) is 0 Å². The zero-order chi connectivity index (χ0) is 19.8. The Balaban J connectivity index is 1.74. The Morgan fingerprint density at radius 3 is 1.64 bits per heavy atom. The topological polar surface area (TPSA) is 26.8 Å². The van der Waals surface area contributed by atoms with Crippen LogP contribution in [0.1, 0.15) is 25.0 Å². The second-order valence-corrected chi connectivity index (χ2v) is 7.65. The molecule has 0 spiro atoms. The lowest BCUT2D eigenvalue weighted by atomic mass is 10.1. The maximum atomic E-state index is 13.2. The van der Waals surface area contributed by atoms with Gasteiger partial charge in [0.25, 0.3) is 0 Å². The fraction of sp³-hybridized carbons (Fsp3) is 0.458. The highest BCUT2D eigenvalue weighted by molar-refractivity contribution is 5.79. The molecule has 4 heteroatoms. The third kappa shape index (κ3) is 5.66. The summed E-state index contributed by atoms with van der Waals surface area (Å²) in [5.74, 6) is 0.317. The van der Waals surface area contributed by atoms with Crippen LogP contribution in [0.3, 0.4) is 0 Å². The van der Waals surface area contributed by atoms with Crippen molar-refractivity contribution >= 4 is 5.91 Å². The highest BCUT2D eigenvalue weighted by Gasteiger charge is 2.30. The third-order valence-corrected chi connectivity index (χ3v) is 5.61. The first kappa shape index (κ1) is 20.6. The summed E-state index contributed by atoms with van der Waals surface area (Å²) in [4.78, 5) is 20.1. The molecule has 0 bridgehead atoms. The van der Waals surface area contributed by atoms with Crippen LogP contribution in [0, 0.1) is 5.92 Å². The van der Waals surface area contributed by atoms with Crippen LogP contribution in [0.25, 0.3) is 0 Å². The second-order valence-electron chi connectivity index (χ2n) is 7.65.